The van der Waals surface area contributed by atoms with Crippen molar-refractivity contribution in [3.8, 4) is 0 Å². The molecule has 0 aliphatic carbocycles. The molecule has 2 rings (SSSR count). The quantitative estimate of drug-likeness (QED) is 0.866. The van der Waals surface area contributed by atoms with Crippen LogP contribution >= 0.6 is 0 Å². The zero-order valence-corrected chi connectivity index (χ0v) is 14.2. The minimum Gasteiger partial charge on any atom is -0.320 e. The lowest BCUT2D eigenvalue weighted by Gasteiger charge is -2.43. The molecular formula is C20H28N2. The summed E-state index contributed by atoms with van der Waals surface area (Å²) in [7, 11) is 4.23. The molecule has 0 heterocycles. The van der Waals surface area contributed by atoms with E-state index in [1.807, 2.05) is 6.07 Å². The Morgan fingerprint density at radius 1 is 0.909 bits per heavy atom. The van der Waals surface area contributed by atoms with Gasteiger partial charge in [-0.2, -0.15) is 0 Å². The zero-order chi connectivity index (χ0) is 16.2. The second kappa shape index (κ2) is 7.08. The lowest BCUT2D eigenvalue weighted by molar-refractivity contribution is 0.153. The largest absolute Gasteiger partial charge is 0.320 e. The molecule has 0 saturated carbocycles. The van der Waals surface area contributed by atoms with E-state index in [-0.39, 0.29) is 6.04 Å². The highest BCUT2D eigenvalue weighted by Crippen LogP contribution is 2.40. The topological polar surface area (TPSA) is 29.3 Å². The Labute approximate surface area is 135 Å². The highest BCUT2D eigenvalue weighted by atomic mass is 15.1. The van der Waals surface area contributed by atoms with Crippen molar-refractivity contribution in [3.05, 3.63) is 71.8 Å². The fourth-order valence-electron chi connectivity index (χ4n) is 3.50. The molecule has 2 atom stereocenters. The molecule has 118 valence electrons. The van der Waals surface area contributed by atoms with E-state index in [0.29, 0.717) is 5.92 Å². The highest BCUT2D eigenvalue weighted by molar-refractivity contribution is 5.32. The van der Waals surface area contributed by atoms with Crippen LogP contribution in [0.1, 0.15) is 37.4 Å². The van der Waals surface area contributed by atoms with Gasteiger partial charge in [0.2, 0.25) is 0 Å². The molecule has 0 spiro atoms. The van der Waals surface area contributed by atoms with Crippen LogP contribution in [0.4, 0.5) is 0 Å². The Hall–Kier alpha value is -1.64. The third-order valence-corrected chi connectivity index (χ3v) is 4.18. The van der Waals surface area contributed by atoms with Crippen LogP contribution in [-0.4, -0.2) is 19.0 Å². The molecule has 2 aromatic rings. The van der Waals surface area contributed by atoms with Crippen LogP contribution in [0.25, 0.3) is 0 Å². The maximum atomic E-state index is 7.06. The van der Waals surface area contributed by atoms with E-state index in [4.69, 9.17) is 5.73 Å². The third-order valence-electron chi connectivity index (χ3n) is 4.18. The number of likely N-dealkylation sites (N-methyl/N-ethyl adjacent to an activating group) is 1. The normalized spacial score (nSPS) is 15.8. The number of benzene rings is 2. The van der Waals surface area contributed by atoms with E-state index >= 15 is 0 Å². The van der Waals surface area contributed by atoms with Gasteiger partial charge in [-0.1, -0.05) is 74.5 Å². The van der Waals surface area contributed by atoms with Gasteiger partial charge in [0.15, 0.2) is 0 Å². The van der Waals surface area contributed by atoms with Gasteiger partial charge in [0.25, 0.3) is 0 Å². The zero-order valence-electron chi connectivity index (χ0n) is 14.2. The summed E-state index contributed by atoms with van der Waals surface area (Å²) in [5, 5.41) is 0. The van der Waals surface area contributed by atoms with Crippen LogP contribution < -0.4 is 5.73 Å². The fourth-order valence-corrected chi connectivity index (χ4v) is 3.50. The van der Waals surface area contributed by atoms with Crippen LogP contribution in [0.3, 0.4) is 0 Å². The molecule has 2 nitrogen and oxygen atoms in total. The lowest BCUT2D eigenvalue weighted by atomic mass is 9.74. The van der Waals surface area contributed by atoms with E-state index in [1.165, 1.54) is 11.1 Å². The first kappa shape index (κ1) is 16.7. The Bertz CT molecular complexity index is 563. The minimum atomic E-state index is -0.416. The number of hydrogen-bond donors (Lipinski definition) is 1. The van der Waals surface area contributed by atoms with Crippen LogP contribution in [0, 0.1) is 5.92 Å². The van der Waals surface area contributed by atoms with E-state index in [9.17, 15) is 0 Å². The summed E-state index contributed by atoms with van der Waals surface area (Å²) in [6.45, 7) is 4.48. The summed E-state index contributed by atoms with van der Waals surface area (Å²) in [6.07, 6.45) is 0.939. The van der Waals surface area contributed by atoms with E-state index in [2.05, 4.69) is 87.4 Å². The standard InChI is InChI=1S/C20H28N2/c1-16(2)15-20(21,18-13-9-6-10-14-18)19(22(3)4)17-11-7-5-8-12-17/h5-14,16,19H,15,21H2,1-4H3. The second-order valence-electron chi connectivity index (χ2n) is 6.78. The van der Waals surface area contributed by atoms with E-state index in [0.717, 1.165) is 6.42 Å². The van der Waals surface area contributed by atoms with Crippen molar-refractivity contribution in [2.75, 3.05) is 14.1 Å². The lowest BCUT2D eigenvalue weighted by Crippen LogP contribution is -2.49. The van der Waals surface area contributed by atoms with Gasteiger partial charge in [-0.3, -0.25) is 0 Å². The summed E-state index contributed by atoms with van der Waals surface area (Å²) < 4.78 is 0. The molecule has 0 radical (unpaired) electrons. The molecule has 2 unspecified atom stereocenters. The Morgan fingerprint density at radius 2 is 1.41 bits per heavy atom. The SMILES string of the molecule is CC(C)CC(N)(c1ccccc1)C(c1ccccc1)N(C)C. The number of hydrogen-bond acceptors (Lipinski definition) is 2. The van der Waals surface area contributed by atoms with Gasteiger partial charge < -0.3 is 10.6 Å². The van der Waals surface area contributed by atoms with E-state index < -0.39 is 5.54 Å². The van der Waals surface area contributed by atoms with Gasteiger partial charge in [0.05, 0.1) is 11.6 Å². The Morgan fingerprint density at radius 3 is 1.86 bits per heavy atom. The monoisotopic (exact) mass is 296 g/mol. The van der Waals surface area contributed by atoms with Crippen molar-refractivity contribution in [2.45, 2.75) is 31.8 Å². The maximum absolute atomic E-state index is 7.06. The highest BCUT2D eigenvalue weighted by Gasteiger charge is 2.39. The number of rotatable bonds is 6. The molecule has 0 aliphatic rings. The maximum Gasteiger partial charge on any atom is 0.0611 e. The smallest absolute Gasteiger partial charge is 0.0611 e. The van der Waals surface area contributed by atoms with E-state index in [1.54, 1.807) is 0 Å². The first-order valence-electron chi connectivity index (χ1n) is 8.01. The van der Waals surface area contributed by atoms with Gasteiger partial charge in [-0.05, 0) is 37.6 Å². The van der Waals surface area contributed by atoms with Crippen LogP contribution in [0.2, 0.25) is 0 Å². The van der Waals surface area contributed by atoms with Gasteiger partial charge in [0, 0.05) is 0 Å². The Kier molecular flexibility index (Phi) is 5.38. The average molecular weight is 296 g/mol. The molecule has 0 saturated heterocycles. The Balaban J connectivity index is 2.55. The summed E-state index contributed by atoms with van der Waals surface area (Å²) in [6, 6.07) is 21.2. The van der Waals surface area contributed by atoms with Gasteiger partial charge in [-0.25, -0.2) is 0 Å². The predicted octanol–water partition coefficient (Wildman–Crippen LogP) is 4.19. The van der Waals surface area contributed by atoms with Crippen molar-refractivity contribution in [1.29, 1.82) is 0 Å². The van der Waals surface area contributed by atoms with Crippen LogP contribution in [-0.2, 0) is 5.54 Å². The minimum absolute atomic E-state index is 0.137. The van der Waals surface area contributed by atoms with Crippen LogP contribution in [0.5, 0.6) is 0 Å². The van der Waals surface area contributed by atoms with Crippen LogP contribution in [0.15, 0.2) is 60.7 Å². The predicted molar refractivity (Wildman–Crippen MR) is 94.6 cm³/mol. The molecule has 0 bridgehead atoms. The van der Waals surface area contributed by atoms with Gasteiger partial charge in [0.1, 0.15) is 0 Å². The van der Waals surface area contributed by atoms with Gasteiger partial charge in [-0.15, -0.1) is 0 Å². The summed E-state index contributed by atoms with van der Waals surface area (Å²) in [4.78, 5) is 2.24. The van der Waals surface area contributed by atoms with Crippen molar-refractivity contribution in [3.63, 3.8) is 0 Å². The van der Waals surface area contributed by atoms with Crippen molar-refractivity contribution >= 4 is 0 Å². The third kappa shape index (κ3) is 3.57. The fraction of sp³-hybridized carbons (Fsp3) is 0.400. The average Bonchev–Trinajstić information content (AvgIpc) is 2.48. The molecular weight excluding hydrogens is 268 g/mol. The van der Waals surface area contributed by atoms with Gasteiger partial charge >= 0.3 is 0 Å². The van der Waals surface area contributed by atoms with Crippen molar-refractivity contribution in [1.82, 2.24) is 4.90 Å². The first-order valence-corrected chi connectivity index (χ1v) is 8.01. The molecule has 0 aromatic heterocycles. The number of nitrogens with zero attached hydrogens (tertiary/aromatic N) is 1. The molecule has 0 aliphatic heterocycles. The molecule has 2 aromatic carbocycles. The first-order chi connectivity index (χ1) is 10.4. The van der Waals surface area contributed by atoms with Crippen molar-refractivity contribution in [2.24, 2.45) is 11.7 Å². The molecule has 22 heavy (non-hydrogen) atoms. The van der Waals surface area contributed by atoms with Crippen molar-refractivity contribution < 1.29 is 0 Å². The molecule has 0 amide bonds. The number of nitrogens with two attached hydrogens (primary N) is 1. The second-order valence-corrected chi connectivity index (χ2v) is 6.78. The molecule has 2 heteroatoms. The summed E-state index contributed by atoms with van der Waals surface area (Å²) >= 11 is 0. The summed E-state index contributed by atoms with van der Waals surface area (Å²) in [5.41, 5.74) is 9.10. The molecule has 0 fully saturated rings. The molecule has 2 N–H and O–H groups in total. The summed E-state index contributed by atoms with van der Waals surface area (Å²) in [5.74, 6) is 0.524.